The topological polar surface area (TPSA) is 111 Å². The van der Waals surface area contributed by atoms with E-state index in [9.17, 15) is 4.79 Å². The summed E-state index contributed by atoms with van der Waals surface area (Å²) in [4.78, 5) is 20.8. The van der Waals surface area contributed by atoms with Crippen molar-refractivity contribution in [3.8, 4) is 45.4 Å². The van der Waals surface area contributed by atoms with E-state index in [0.29, 0.717) is 46.3 Å². The highest BCUT2D eigenvalue weighted by atomic mass is 35.5. The molecule has 4 N–H and O–H groups in total. The summed E-state index contributed by atoms with van der Waals surface area (Å²) in [7, 11) is 3.16. The van der Waals surface area contributed by atoms with Crippen molar-refractivity contribution in [2.75, 3.05) is 20.8 Å². The van der Waals surface area contributed by atoms with Gasteiger partial charge in [0.05, 0.1) is 35.7 Å². The van der Waals surface area contributed by atoms with Gasteiger partial charge >= 0.3 is 0 Å². The Bertz CT molecular complexity index is 1620. The number of hydrogen-bond donors (Lipinski definition) is 3. The number of carbonyl (C=O) groups is 1. The van der Waals surface area contributed by atoms with Crippen LogP contribution in [0.25, 0.3) is 33.6 Å². The first-order valence-electron chi connectivity index (χ1n) is 13.9. The number of halogens is 2. The number of methoxy groups -OCH3 is 2. The number of nitrogens with one attached hydrogen (secondary N) is 2. The van der Waals surface area contributed by atoms with Gasteiger partial charge in [-0.3, -0.25) is 4.79 Å². The molecule has 0 aliphatic heterocycles. The molecule has 0 saturated carbocycles. The lowest BCUT2D eigenvalue weighted by atomic mass is 9.97. The summed E-state index contributed by atoms with van der Waals surface area (Å²) in [6.45, 7) is 8.42. The number of nitrogens with two attached hydrogens (primary N) is 1. The normalized spacial score (nSPS) is 12.1. The average Bonchev–Trinajstić information content (AvgIpc) is 2.99. The molecule has 8 nitrogen and oxygen atoms in total. The van der Waals surface area contributed by atoms with Crippen molar-refractivity contribution < 1.29 is 14.3 Å². The van der Waals surface area contributed by atoms with Crippen LogP contribution in [0.2, 0.25) is 10.0 Å². The van der Waals surface area contributed by atoms with Crippen LogP contribution in [0.4, 0.5) is 0 Å². The highest BCUT2D eigenvalue weighted by Gasteiger charge is 2.21. The summed E-state index contributed by atoms with van der Waals surface area (Å²) in [5, 5.41) is 7.32. The highest BCUT2D eigenvalue weighted by molar-refractivity contribution is 6.39. The number of rotatable bonds is 11. The second-order valence-corrected chi connectivity index (χ2v) is 11.7. The van der Waals surface area contributed by atoms with Crippen LogP contribution < -0.4 is 25.8 Å². The molecule has 43 heavy (non-hydrogen) atoms. The maximum Gasteiger partial charge on any atom is 0.218 e. The highest BCUT2D eigenvalue weighted by Crippen LogP contribution is 2.42. The molecule has 4 aromatic rings. The van der Waals surface area contributed by atoms with Crippen molar-refractivity contribution in [2.45, 2.75) is 45.8 Å². The van der Waals surface area contributed by atoms with Crippen molar-refractivity contribution in [3.05, 3.63) is 81.8 Å². The van der Waals surface area contributed by atoms with Crippen molar-refractivity contribution in [1.29, 1.82) is 0 Å². The molecule has 0 aliphatic rings. The van der Waals surface area contributed by atoms with Crippen LogP contribution in [-0.4, -0.2) is 42.2 Å². The first-order chi connectivity index (χ1) is 20.5. The summed E-state index contributed by atoms with van der Waals surface area (Å²) >= 11 is 14.0. The predicted octanol–water partition coefficient (Wildman–Crippen LogP) is 6.83. The molecule has 0 radical (unpaired) electrons. The van der Waals surface area contributed by atoms with Gasteiger partial charge in [-0.05, 0) is 39.0 Å². The van der Waals surface area contributed by atoms with Gasteiger partial charge in [-0.1, -0.05) is 65.7 Å². The Hall–Kier alpha value is -3.69. The van der Waals surface area contributed by atoms with Gasteiger partial charge in [0.2, 0.25) is 17.7 Å². The van der Waals surface area contributed by atoms with E-state index in [1.165, 1.54) is 6.92 Å². The van der Waals surface area contributed by atoms with Crippen LogP contribution in [0, 0.1) is 0 Å². The molecular weight excluding hydrogens is 585 g/mol. The zero-order valence-electron chi connectivity index (χ0n) is 25.2. The maximum absolute atomic E-state index is 11.3. The van der Waals surface area contributed by atoms with Crippen LogP contribution in [0.1, 0.15) is 44.9 Å². The molecule has 226 valence electrons. The molecule has 0 bridgehead atoms. The molecule has 0 unspecified atom stereocenters. The number of aromatic nitrogens is 2. The Morgan fingerprint density at radius 2 is 1.37 bits per heavy atom. The van der Waals surface area contributed by atoms with E-state index in [1.807, 2.05) is 81.4 Å². The van der Waals surface area contributed by atoms with Crippen molar-refractivity contribution in [1.82, 2.24) is 20.6 Å². The largest absolute Gasteiger partial charge is 0.481 e. The Labute approximate surface area is 262 Å². The number of nitrogens with zero attached hydrogens (tertiary/aromatic N) is 2. The van der Waals surface area contributed by atoms with Gasteiger partial charge in [-0.15, -0.1) is 0 Å². The van der Waals surface area contributed by atoms with Gasteiger partial charge in [0.1, 0.15) is 0 Å². The number of carbonyl (C=O) groups excluding carboxylic acids is 1. The van der Waals surface area contributed by atoms with Crippen molar-refractivity contribution >= 4 is 29.1 Å². The SMILES string of the molecule is COc1nc(-c2cccc(-c3cccc(-c4ccc([C@H](C)N)c(OC)n4)c3Cl)c2Cl)ccc1CNC(C)(C)CNC(C)=O. The number of pyridine rings is 2. The molecule has 0 spiro atoms. The summed E-state index contributed by atoms with van der Waals surface area (Å²) in [5.41, 5.74) is 11.8. The quantitative estimate of drug-likeness (QED) is 0.168. The molecule has 2 aromatic carbocycles. The average molecular weight is 623 g/mol. The third-order valence-corrected chi connectivity index (χ3v) is 7.90. The van der Waals surface area contributed by atoms with Crippen LogP contribution in [0.3, 0.4) is 0 Å². The van der Waals surface area contributed by atoms with Gasteiger partial charge in [-0.25, -0.2) is 9.97 Å². The Morgan fingerprint density at radius 1 is 0.860 bits per heavy atom. The second kappa shape index (κ2) is 13.7. The first kappa shape index (κ1) is 32.2. The summed E-state index contributed by atoms with van der Waals surface area (Å²) in [6.07, 6.45) is 0. The van der Waals surface area contributed by atoms with Crippen LogP contribution in [0.5, 0.6) is 11.8 Å². The number of ether oxygens (including phenoxy) is 2. The van der Waals surface area contributed by atoms with E-state index in [4.69, 9.17) is 43.4 Å². The van der Waals surface area contributed by atoms with Gasteiger partial charge in [-0.2, -0.15) is 0 Å². The Kier molecular flexibility index (Phi) is 10.3. The lowest BCUT2D eigenvalue weighted by molar-refractivity contribution is -0.119. The number of amides is 1. The zero-order chi connectivity index (χ0) is 31.3. The molecular formula is C33H37Cl2N5O3. The predicted molar refractivity (Wildman–Crippen MR) is 174 cm³/mol. The third kappa shape index (κ3) is 7.46. The van der Waals surface area contributed by atoms with Crippen LogP contribution in [0.15, 0.2) is 60.7 Å². The fourth-order valence-electron chi connectivity index (χ4n) is 4.66. The second-order valence-electron chi connectivity index (χ2n) is 10.9. The van der Waals surface area contributed by atoms with Gasteiger partial charge in [0.25, 0.3) is 0 Å². The molecule has 2 aromatic heterocycles. The zero-order valence-corrected chi connectivity index (χ0v) is 26.7. The van der Waals surface area contributed by atoms with E-state index >= 15 is 0 Å². The van der Waals surface area contributed by atoms with E-state index in [2.05, 4.69) is 15.6 Å². The van der Waals surface area contributed by atoms with Crippen molar-refractivity contribution in [3.63, 3.8) is 0 Å². The number of hydrogen-bond acceptors (Lipinski definition) is 7. The van der Waals surface area contributed by atoms with E-state index in [0.717, 1.165) is 33.4 Å². The summed E-state index contributed by atoms with van der Waals surface area (Å²) in [5.74, 6) is 0.874. The Balaban J connectivity index is 1.66. The van der Waals surface area contributed by atoms with Gasteiger partial charge in [0.15, 0.2) is 0 Å². The van der Waals surface area contributed by atoms with Crippen LogP contribution in [-0.2, 0) is 11.3 Å². The monoisotopic (exact) mass is 621 g/mol. The Morgan fingerprint density at radius 3 is 1.88 bits per heavy atom. The third-order valence-electron chi connectivity index (χ3n) is 7.08. The van der Waals surface area contributed by atoms with Crippen LogP contribution >= 0.6 is 23.2 Å². The standard InChI is InChI=1S/C33H37Cl2N5O3/c1-19(36)22-14-16-28(40-32(22)43-6)26-12-8-10-24(30(26)35)23-9-7-11-25(29(23)34)27-15-13-21(31(39-27)42-5)17-38-33(3,4)18-37-20(2)41/h7-16,19,38H,17-18,36H2,1-6H3,(H,37,41)/t19-/m0/s1. The number of benzene rings is 2. The molecule has 4 rings (SSSR count). The lowest BCUT2D eigenvalue weighted by Crippen LogP contribution is -2.48. The van der Waals surface area contributed by atoms with E-state index in [-0.39, 0.29) is 17.5 Å². The fourth-order valence-corrected chi connectivity index (χ4v) is 5.31. The molecule has 1 amide bonds. The lowest BCUT2D eigenvalue weighted by Gasteiger charge is -2.27. The molecule has 0 aliphatic carbocycles. The molecule has 0 saturated heterocycles. The van der Waals surface area contributed by atoms with E-state index < -0.39 is 0 Å². The summed E-state index contributed by atoms with van der Waals surface area (Å²) < 4.78 is 11.1. The molecule has 1 atom stereocenters. The van der Waals surface area contributed by atoms with Gasteiger partial charge in [0, 0.05) is 65.0 Å². The fraction of sp³-hybridized carbons (Fsp3) is 0.303. The van der Waals surface area contributed by atoms with Gasteiger partial charge < -0.3 is 25.8 Å². The molecule has 2 heterocycles. The minimum atomic E-state index is -0.327. The minimum absolute atomic E-state index is 0.0710. The maximum atomic E-state index is 11.3. The minimum Gasteiger partial charge on any atom is -0.481 e. The summed E-state index contributed by atoms with van der Waals surface area (Å²) in [6, 6.07) is 19.0. The van der Waals surface area contributed by atoms with E-state index in [1.54, 1.807) is 14.2 Å². The molecule has 0 fully saturated rings. The smallest absolute Gasteiger partial charge is 0.218 e. The molecule has 10 heteroatoms. The first-order valence-corrected chi connectivity index (χ1v) is 14.6. The van der Waals surface area contributed by atoms with Crippen molar-refractivity contribution in [2.24, 2.45) is 5.73 Å².